The molecule has 1 aromatic heterocycles. The third-order valence-electron chi connectivity index (χ3n) is 2.27. The largest absolute Gasteiger partial charge is 0.436 e. The van der Waals surface area contributed by atoms with Crippen LogP contribution < -0.4 is 0 Å². The monoisotopic (exact) mass is 308 g/mol. The van der Waals surface area contributed by atoms with E-state index in [-0.39, 0.29) is 0 Å². The molecular formula is C12H9BrN2OS. The highest BCUT2D eigenvalue weighted by atomic mass is 79.9. The molecule has 17 heavy (non-hydrogen) atoms. The summed E-state index contributed by atoms with van der Waals surface area (Å²) in [5.74, 6) is 0.831. The highest BCUT2D eigenvalue weighted by Gasteiger charge is 2.10. The van der Waals surface area contributed by atoms with E-state index in [4.69, 9.17) is 9.68 Å². The minimum Gasteiger partial charge on any atom is -0.436 e. The standard InChI is InChI=1S/C12H9BrN2OS/c1-7-8(2)16-12(15-7)17-11-4-3-9(6-14)5-10(11)13/h3-5H,1-2H3. The van der Waals surface area contributed by atoms with E-state index < -0.39 is 0 Å². The van der Waals surface area contributed by atoms with Crippen LogP contribution in [0.25, 0.3) is 0 Å². The van der Waals surface area contributed by atoms with E-state index in [1.54, 1.807) is 12.1 Å². The fourth-order valence-corrected chi connectivity index (χ4v) is 2.69. The van der Waals surface area contributed by atoms with Gasteiger partial charge in [0.05, 0.1) is 17.3 Å². The summed E-state index contributed by atoms with van der Waals surface area (Å²) in [6.07, 6.45) is 0. The summed E-state index contributed by atoms with van der Waals surface area (Å²) in [4.78, 5) is 5.28. The maximum absolute atomic E-state index is 8.77. The zero-order valence-corrected chi connectivity index (χ0v) is 11.7. The Labute approximate surface area is 112 Å². The molecule has 2 rings (SSSR count). The second kappa shape index (κ2) is 4.94. The molecule has 0 aliphatic rings. The zero-order valence-electron chi connectivity index (χ0n) is 9.32. The van der Waals surface area contributed by atoms with Gasteiger partial charge in [0.1, 0.15) is 5.76 Å². The average Bonchev–Trinajstić information content (AvgIpc) is 2.61. The Balaban J connectivity index is 2.28. The third kappa shape index (κ3) is 2.71. The third-order valence-corrected chi connectivity index (χ3v) is 4.11. The molecule has 3 nitrogen and oxygen atoms in total. The summed E-state index contributed by atoms with van der Waals surface area (Å²) < 4.78 is 6.37. The molecule has 1 aromatic carbocycles. The van der Waals surface area contributed by atoms with Crippen LogP contribution in [0.3, 0.4) is 0 Å². The second-order valence-electron chi connectivity index (χ2n) is 3.48. The molecule has 1 heterocycles. The van der Waals surface area contributed by atoms with Gasteiger partial charge < -0.3 is 4.42 Å². The van der Waals surface area contributed by atoms with Crippen LogP contribution >= 0.6 is 27.7 Å². The summed E-state index contributed by atoms with van der Waals surface area (Å²) in [6.45, 7) is 3.80. The lowest BCUT2D eigenvalue weighted by Gasteiger charge is -2.00. The molecule has 0 amide bonds. The number of nitriles is 1. The molecule has 0 radical (unpaired) electrons. The van der Waals surface area contributed by atoms with E-state index in [0.717, 1.165) is 20.8 Å². The molecule has 0 bridgehead atoms. The van der Waals surface area contributed by atoms with Gasteiger partial charge in [0.25, 0.3) is 5.22 Å². The van der Waals surface area contributed by atoms with Crippen LogP contribution in [0.15, 0.2) is 37.2 Å². The van der Waals surface area contributed by atoms with Crippen molar-refractivity contribution < 1.29 is 4.42 Å². The van der Waals surface area contributed by atoms with Crippen molar-refractivity contribution in [3.05, 3.63) is 39.7 Å². The lowest BCUT2D eigenvalue weighted by atomic mass is 10.2. The van der Waals surface area contributed by atoms with E-state index in [0.29, 0.717) is 10.8 Å². The average molecular weight is 309 g/mol. The number of hydrogen-bond acceptors (Lipinski definition) is 4. The SMILES string of the molecule is Cc1nc(Sc2ccc(C#N)cc2Br)oc1C. The quantitative estimate of drug-likeness (QED) is 0.839. The Bertz CT molecular complexity index is 582. The molecule has 0 N–H and O–H groups in total. The maximum Gasteiger partial charge on any atom is 0.261 e. The fourth-order valence-electron chi connectivity index (χ4n) is 1.23. The first-order valence-electron chi connectivity index (χ1n) is 4.91. The van der Waals surface area contributed by atoms with Crippen molar-refractivity contribution in [2.45, 2.75) is 24.0 Å². The molecule has 0 unspecified atom stereocenters. The number of nitrogens with zero attached hydrogens (tertiary/aromatic N) is 2. The zero-order chi connectivity index (χ0) is 12.4. The predicted molar refractivity (Wildman–Crippen MR) is 69.0 cm³/mol. The van der Waals surface area contributed by atoms with Crippen LogP contribution in [0.5, 0.6) is 0 Å². The van der Waals surface area contributed by atoms with Crippen molar-refractivity contribution in [3.63, 3.8) is 0 Å². The summed E-state index contributed by atoms with van der Waals surface area (Å²) in [6, 6.07) is 7.53. The first-order chi connectivity index (χ1) is 8.10. The molecule has 0 spiro atoms. The van der Waals surface area contributed by atoms with E-state index in [1.807, 2.05) is 19.9 Å². The van der Waals surface area contributed by atoms with Gasteiger partial charge in [-0.25, -0.2) is 4.98 Å². The number of aryl methyl sites for hydroxylation is 2. The van der Waals surface area contributed by atoms with Crippen LogP contribution in [0.1, 0.15) is 17.0 Å². The van der Waals surface area contributed by atoms with Crippen LogP contribution in [-0.4, -0.2) is 4.98 Å². The minimum absolute atomic E-state index is 0.616. The van der Waals surface area contributed by atoms with E-state index in [9.17, 15) is 0 Å². The van der Waals surface area contributed by atoms with Gasteiger partial charge in [0.2, 0.25) is 0 Å². The summed E-state index contributed by atoms with van der Waals surface area (Å²) >= 11 is 4.86. The van der Waals surface area contributed by atoms with Crippen molar-refractivity contribution in [2.75, 3.05) is 0 Å². The normalized spacial score (nSPS) is 10.2. The lowest BCUT2D eigenvalue weighted by molar-refractivity contribution is 0.431. The topological polar surface area (TPSA) is 49.8 Å². The molecule has 0 fully saturated rings. The number of hydrogen-bond donors (Lipinski definition) is 0. The highest BCUT2D eigenvalue weighted by molar-refractivity contribution is 9.10. The van der Waals surface area contributed by atoms with Crippen molar-refractivity contribution >= 4 is 27.7 Å². The molecule has 2 aromatic rings. The van der Waals surface area contributed by atoms with E-state index in [1.165, 1.54) is 11.8 Å². The molecule has 0 aliphatic carbocycles. The number of rotatable bonds is 2. The van der Waals surface area contributed by atoms with Crippen molar-refractivity contribution in [3.8, 4) is 6.07 Å². The Morgan fingerprint density at radius 3 is 2.71 bits per heavy atom. The van der Waals surface area contributed by atoms with Gasteiger partial charge in [-0.05, 0) is 59.7 Å². The van der Waals surface area contributed by atoms with Crippen molar-refractivity contribution in [1.82, 2.24) is 4.98 Å². The first kappa shape index (κ1) is 12.2. The maximum atomic E-state index is 8.77. The van der Waals surface area contributed by atoms with Crippen LogP contribution in [0.4, 0.5) is 0 Å². The van der Waals surface area contributed by atoms with Crippen molar-refractivity contribution in [2.24, 2.45) is 0 Å². The van der Waals surface area contributed by atoms with Crippen LogP contribution in [0, 0.1) is 25.2 Å². The molecule has 86 valence electrons. The first-order valence-corrected chi connectivity index (χ1v) is 6.52. The Morgan fingerprint density at radius 2 is 2.18 bits per heavy atom. The van der Waals surface area contributed by atoms with Gasteiger partial charge in [-0.2, -0.15) is 5.26 Å². The fraction of sp³-hybridized carbons (Fsp3) is 0.167. The van der Waals surface area contributed by atoms with Gasteiger partial charge in [0.15, 0.2) is 0 Å². The molecule has 0 saturated heterocycles. The Hall–Kier alpha value is -1.25. The molecular weight excluding hydrogens is 300 g/mol. The number of halogens is 1. The van der Waals surface area contributed by atoms with Gasteiger partial charge in [-0.1, -0.05) is 0 Å². The summed E-state index contributed by atoms with van der Waals surface area (Å²) in [7, 11) is 0. The van der Waals surface area contributed by atoms with Crippen molar-refractivity contribution in [1.29, 1.82) is 5.26 Å². The predicted octanol–water partition coefficient (Wildman–Crippen LogP) is 4.08. The smallest absolute Gasteiger partial charge is 0.261 e. The lowest BCUT2D eigenvalue weighted by Crippen LogP contribution is -1.79. The van der Waals surface area contributed by atoms with Gasteiger partial charge >= 0.3 is 0 Å². The van der Waals surface area contributed by atoms with E-state index in [2.05, 4.69) is 27.0 Å². The van der Waals surface area contributed by atoms with E-state index >= 15 is 0 Å². The summed E-state index contributed by atoms with van der Waals surface area (Å²) in [5.41, 5.74) is 1.53. The van der Waals surface area contributed by atoms with Crippen LogP contribution in [0.2, 0.25) is 0 Å². The van der Waals surface area contributed by atoms with Crippen LogP contribution in [-0.2, 0) is 0 Å². The summed E-state index contributed by atoms with van der Waals surface area (Å²) in [5, 5.41) is 9.39. The number of aromatic nitrogens is 1. The minimum atomic E-state index is 0.616. The van der Waals surface area contributed by atoms with Gasteiger partial charge in [0, 0.05) is 9.37 Å². The number of benzene rings is 1. The molecule has 0 atom stereocenters. The molecule has 5 heteroatoms. The van der Waals surface area contributed by atoms with Gasteiger partial charge in [-0.15, -0.1) is 0 Å². The molecule has 0 aliphatic heterocycles. The Kier molecular flexibility index (Phi) is 3.55. The number of oxazole rings is 1. The Morgan fingerprint density at radius 1 is 1.41 bits per heavy atom. The second-order valence-corrected chi connectivity index (χ2v) is 5.33. The van der Waals surface area contributed by atoms with Gasteiger partial charge in [-0.3, -0.25) is 0 Å². The molecule has 0 saturated carbocycles. The highest BCUT2D eigenvalue weighted by Crippen LogP contribution is 2.34.